The smallest absolute Gasteiger partial charge is 0.187 e. The summed E-state index contributed by atoms with van der Waals surface area (Å²) in [6.07, 6.45) is -15.4. The fourth-order valence-electron chi connectivity index (χ4n) is 5.64. The second-order valence-corrected chi connectivity index (χ2v) is 12.6. The predicted octanol–water partition coefficient (Wildman–Crippen LogP) is -1.09. The molecule has 3 saturated heterocycles. The van der Waals surface area contributed by atoms with E-state index in [0.717, 1.165) is 0 Å². The summed E-state index contributed by atoms with van der Waals surface area (Å²) in [6, 6.07) is -1.38. The summed E-state index contributed by atoms with van der Waals surface area (Å²) in [5.41, 5.74) is 8.30. The Labute approximate surface area is 489 Å². The monoisotopic (exact) mass is 1900 g/mol. The van der Waals surface area contributed by atoms with Crippen molar-refractivity contribution in [3.05, 3.63) is 18.4 Å². The Morgan fingerprint density at radius 3 is 1.88 bits per heavy atom. The van der Waals surface area contributed by atoms with Crippen LogP contribution in [0.1, 0.15) is 13.3 Å². The number of hydrogen-bond donors (Lipinski definition) is 5. The molecule has 21 atom stereocenters. The Morgan fingerprint density at radius 1 is 0.843 bits per heavy atom. The number of aliphatic hydroxyl groups is 5. The summed E-state index contributed by atoms with van der Waals surface area (Å²) < 4.78 is 64.2. The molecule has 0 aromatic rings. The molecule has 3 aliphatic heterocycles. The Morgan fingerprint density at radius 2 is 1.37 bits per heavy atom. The second-order valence-electron chi connectivity index (χ2n) is 11.1. The van der Waals surface area contributed by atoms with Gasteiger partial charge >= 0.3 is 0 Å². The van der Waals surface area contributed by atoms with Crippen molar-refractivity contribution >= 4 is 47.3 Å². The maximum Gasteiger partial charge on any atom is 0.187 e. The topological polar surface area (TPSA) is 226 Å². The van der Waals surface area contributed by atoms with Gasteiger partial charge in [0.1, 0.15) is 61.0 Å². The average Bonchev–Trinajstić information content (AvgIpc) is 3.03. The Bertz CT molecular complexity index is 948. The van der Waals surface area contributed by atoms with Gasteiger partial charge in [0.05, 0.1) is 32.5 Å². The van der Waals surface area contributed by atoms with Gasteiger partial charge in [-0.05, 0) is 6.92 Å². The van der Waals surface area contributed by atoms with E-state index in [2.05, 4.69) is 53.9 Å². The Hall–Kier alpha value is 8.42. The van der Waals surface area contributed by atoms with Crippen molar-refractivity contribution in [2.45, 2.75) is 111 Å². The molecule has 17 nitrogen and oxygen atoms in total. The molecule has 3 aliphatic rings. The minimum absolute atomic E-state index is 0. The van der Waals surface area contributed by atoms with Gasteiger partial charge in [0.25, 0.3) is 0 Å². The third kappa shape index (κ3) is 18.1. The van der Waals surface area contributed by atoms with E-state index < -0.39 is 104 Å². The van der Waals surface area contributed by atoms with Crippen molar-refractivity contribution in [2.75, 3.05) is 26.4 Å². The molecule has 0 aromatic heterocycles. The van der Waals surface area contributed by atoms with Crippen LogP contribution in [0.3, 0.4) is 0 Å². The number of hydrogen-bond acceptors (Lipinski definition) is 16. The molecule has 0 spiro atoms. The van der Waals surface area contributed by atoms with Crippen LogP contribution in [0.25, 0.3) is 5.73 Å². The van der Waals surface area contributed by atoms with Crippen molar-refractivity contribution < 1.29 is 297 Å². The molecule has 3 heterocycles. The van der Waals surface area contributed by atoms with Crippen molar-refractivity contribution in [3.8, 4) is 0 Å². The van der Waals surface area contributed by atoms with Crippen LogP contribution in [0.2, 0.25) is 0 Å². The largest absolute Gasteiger partial charge is 0.670 e. The van der Waals surface area contributed by atoms with Gasteiger partial charge in [-0.3, -0.25) is 0 Å². The molecule has 0 amide bonds. The summed E-state index contributed by atoms with van der Waals surface area (Å²) >= 11 is 0. The van der Waals surface area contributed by atoms with E-state index in [1.165, 1.54) is 6.92 Å². The van der Waals surface area contributed by atoms with Crippen LogP contribution >= 0.6 is 47.3 Å². The van der Waals surface area contributed by atoms with Gasteiger partial charge in [-0.1, -0.05) is 12.1 Å². The summed E-state index contributed by atoms with van der Waals surface area (Å²) in [7, 11) is 10.6. The molecule has 10 unspecified atom stereocenters. The normalized spacial score (nSPS) is 39.0. The van der Waals surface area contributed by atoms with Gasteiger partial charge in [0, 0.05) is 280 Å². The van der Waals surface area contributed by atoms with Gasteiger partial charge in [0.15, 0.2) is 18.4 Å². The van der Waals surface area contributed by atoms with Crippen LogP contribution in [0.5, 0.6) is 0 Å². The summed E-state index contributed by atoms with van der Waals surface area (Å²) in [6.45, 7) is 4.33. The molecule has 27 heteroatoms. The zero-order valence-electron chi connectivity index (χ0n) is 28.0. The predicted molar refractivity (Wildman–Crippen MR) is 175 cm³/mol. The first-order valence-electron chi connectivity index (χ1n) is 14.2. The fraction of sp³-hybridized carbons (Fsp3) is 0.917. The molecule has 0 bridgehead atoms. The number of rotatable bonds is 17. The first-order valence-corrected chi connectivity index (χ1v) is 16.6. The van der Waals surface area contributed by atoms with Crippen LogP contribution in [-0.4, -0.2) is 150 Å². The molecule has 285 valence electrons. The van der Waals surface area contributed by atoms with E-state index in [0.29, 0.717) is 0 Å². The maximum atomic E-state index is 11.4. The molecule has 51 heavy (non-hydrogen) atoms. The van der Waals surface area contributed by atoms with E-state index in [4.69, 9.17) is 56.8 Å². The van der Waals surface area contributed by atoms with Crippen LogP contribution in [0.15, 0.2) is 12.7 Å². The summed E-state index contributed by atoms with van der Waals surface area (Å²) in [5, 5.41) is 52.0. The van der Waals surface area contributed by atoms with Gasteiger partial charge in [-0.15, -0.1) is 6.58 Å². The molecule has 3 fully saturated rings. The standard InChI is InChI=1S/C24H47NO16P5.5Ac/c1-3-4-31-22-21(41-46)19(39-44)16(12(35-22)8-33-43)36-23-20(40-45)18(15(30)11(34-23)7-32-42)38-24(2)5-9(27)13(25)17(37-24)14(29)10(28)6-26;;;;;/h3,9-23,25-30H,1,4-8,42-46H2,2H3;;;;;/q-1;;;;;/t9-,10+,11?,12?,13+,14+,15-,16-,17?,18-,19-,20?,21?,22+,23-,24+;;;;;/m0...../s1. The maximum absolute atomic E-state index is 11.4. The Balaban J connectivity index is -0.00000461. The zero-order valence-corrected chi connectivity index (χ0v) is 57.5. The van der Waals surface area contributed by atoms with E-state index in [1.54, 1.807) is 6.08 Å². The van der Waals surface area contributed by atoms with Gasteiger partial charge in [-0.25, -0.2) is 0 Å². The summed E-state index contributed by atoms with van der Waals surface area (Å²) in [5.74, 6) is -1.73. The van der Waals surface area contributed by atoms with Crippen molar-refractivity contribution in [2.24, 2.45) is 0 Å². The summed E-state index contributed by atoms with van der Waals surface area (Å²) in [4.78, 5) is 0. The number of nitrogens with one attached hydrogen (secondary N) is 1. The van der Waals surface area contributed by atoms with Gasteiger partial charge < -0.3 is 82.3 Å². The van der Waals surface area contributed by atoms with Crippen molar-refractivity contribution in [1.29, 1.82) is 0 Å². The zero-order chi connectivity index (χ0) is 34.2. The van der Waals surface area contributed by atoms with E-state index >= 15 is 0 Å². The van der Waals surface area contributed by atoms with Crippen LogP contribution in [0, 0.1) is 220 Å². The van der Waals surface area contributed by atoms with Crippen LogP contribution < -0.4 is 0 Å². The van der Waals surface area contributed by atoms with Gasteiger partial charge in [-0.2, -0.15) is 0 Å². The molecule has 0 aliphatic carbocycles. The van der Waals surface area contributed by atoms with Gasteiger partial charge in [0.2, 0.25) is 0 Å². The minimum atomic E-state index is -1.73. The quantitative estimate of drug-likeness (QED) is 0.0862. The number of aliphatic hydroxyl groups excluding tert-OH is 5. The third-order valence-corrected chi connectivity index (χ3v) is 9.24. The van der Waals surface area contributed by atoms with Crippen molar-refractivity contribution in [1.82, 2.24) is 0 Å². The molecular weight excluding hydrogens is 1850 g/mol. The fourth-order valence-corrected chi connectivity index (χ4v) is 6.90. The van der Waals surface area contributed by atoms with Crippen LogP contribution in [-0.2, 0) is 51.0 Å². The van der Waals surface area contributed by atoms with E-state index in [9.17, 15) is 25.5 Å². The molecule has 3 rings (SSSR count). The molecule has 5 radical (unpaired) electrons. The van der Waals surface area contributed by atoms with E-state index in [1.807, 2.05) is 0 Å². The molecule has 0 saturated carbocycles. The van der Waals surface area contributed by atoms with Crippen molar-refractivity contribution in [3.63, 3.8) is 0 Å². The van der Waals surface area contributed by atoms with Crippen LogP contribution in [0.4, 0.5) is 0 Å². The van der Waals surface area contributed by atoms with E-state index in [-0.39, 0.29) is 247 Å². The first-order chi connectivity index (χ1) is 21.9. The average molecular weight is 1900 g/mol. The molecule has 6 N–H and O–H groups in total. The Kier molecular flexibility index (Phi) is 41.2. The third-order valence-electron chi connectivity index (χ3n) is 7.91. The second kappa shape index (κ2) is 33.0. The minimum Gasteiger partial charge on any atom is -0.670 e. The SMILES string of the molecule is C=CCO[C@@H]1OC(COP)[C@H](O[C@@H]2OC(COP)[C@H](O)[C@H](O[C@]3(C)C[C@H](O)[C@@H]([NH-])C([C@H](O)[C@H](O)CO)O3)C2OP)[C@H](OP)C1OP.[Ac].[Ac].[Ac].[Ac].[Ac]. The number of ether oxygens (including phenoxy) is 6. The molecular formula is C24H47Ac5NO16P5-. The molecule has 0 aromatic carbocycles. The first kappa shape index (κ1) is 63.7.